The first-order chi connectivity index (χ1) is 14.4. The smallest absolute Gasteiger partial charge is 0.270 e. The number of carbonyl (C=O) groups excluding carboxylic acids is 2. The van der Waals surface area contributed by atoms with Crippen LogP contribution >= 0.6 is 0 Å². The molecule has 1 fully saturated rings. The number of amides is 2. The third-order valence-corrected chi connectivity index (χ3v) is 5.83. The molecule has 0 radical (unpaired) electrons. The Morgan fingerprint density at radius 2 is 1.87 bits per heavy atom. The zero-order valence-electron chi connectivity index (χ0n) is 16.7. The monoisotopic (exact) mass is 412 g/mol. The van der Waals surface area contributed by atoms with Crippen LogP contribution in [0.4, 0.5) is 5.69 Å². The summed E-state index contributed by atoms with van der Waals surface area (Å²) >= 11 is 0. The van der Waals surface area contributed by atoms with Crippen molar-refractivity contribution in [1.29, 1.82) is 0 Å². The summed E-state index contributed by atoms with van der Waals surface area (Å²) in [5, 5.41) is 11.0. The Hall–Kier alpha value is -3.46. The number of fused-ring (bicyclic) bond motifs is 1. The van der Waals surface area contributed by atoms with Crippen LogP contribution in [-0.2, 0) is 0 Å². The van der Waals surface area contributed by atoms with Gasteiger partial charge in [-0.3, -0.25) is 19.7 Å². The Labute approximate surface area is 172 Å². The van der Waals surface area contributed by atoms with Crippen LogP contribution in [0.5, 0.6) is 11.5 Å². The molecule has 2 aromatic carbocycles. The molecule has 2 heterocycles. The third-order valence-electron chi connectivity index (χ3n) is 5.83. The Balaban J connectivity index is 1.59. The summed E-state index contributed by atoms with van der Waals surface area (Å²) in [5.41, 5.74) is 1.10. The fraction of sp³-hybridized carbons (Fsp3) is 0.333. The topological polar surface area (TPSA) is 103 Å². The minimum absolute atomic E-state index is 0.0597. The van der Waals surface area contributed by atoms with Crippen molar-refractivity contribution in [3.05, 3.63) is 63.2 Å². The van der Waals surface area contributed by atoms with Gasteiger partial charge in [0.05, 0.1) is 42.4 Å². The van der Waals surface area contributed by atoms with Gasteiger partial charge < -0.3 is 14.4 Å². The van der Waals surface area contributed by atoms with Crippen molar-refractivity contribution in [3.63, 3.8) is 0 Å². The second kappa shape index (κ2) is 7.75. The van der Waals surface area contributed by atoms with Gasteiger partial charge in [-0.1, -0.05) is 0 Å². The summed E-state index contributed by atoms with van der Waals surface area (Å²) in [5.74, 6) is 0.497. The Kier molecular flexibility index (Phi) is 5.13. The first kappa shape index (κ1) is 19.8. The van der Waals surface area contributed by atoms with E-state index < -0.39 is 16.7 Å². The maximum atomic E-state index is 12.8. The molecule has 2 aliphatic rings. The predicted molar refractivity (Wildman–Crippen MR) is 106 cm³/mol. The van der Waals surface area contributed by atoms with E-state index in [0.717, 1.165) is 29.8 Å². The standard InChI is InChI=1S/C21H21N3O6/c1-29-14-6-8-16(19(11-14)30-2)18-4-3-9-22(18)12-23-20(25)15-7-5-13(24(27)28)10-17(15)21(23)26/h5-8,10-11,18H,3-4,9,12H2,1-2H3/p+1/t18-/m0/s1. The van der Waals surface area contributed by atoms with Gasteiger partial charge in [-0.2, -0.15) is 0 Å². The number of nitro benzene ring substituents is 1. The zero-order valence-corrected chi connectivity index (χ0v) is 16.7. The lowest BCUT2D eigenvalue weighted by atomic mass is 10.0. The van der Waals surface area contributed by atoms with E-state index in [9.17, 15) is 19.7 Å². The van der Waals surface area contributed by atoms with Crippen molar-refractivity contribution in [2.75, 3.05) is 27.4 Å². The largest absolute Gasteiger partial charge is 0.497 e. The number of imide groups is 1. The van der Waals surface area contributed by atoms with E-state index in [1.165, 1.54) is 23.1 Å². The molecule has 0 aromatic heterocycles. The van der Waals surface area contributed by atoms with E-state index in [4.69, 9.17) is 9.47 Å². The highest BCUT2D eigenvalue weighted by atomic mass is 16.6. The van der Waals surface area contributed by atoms with Crippen LogP contribution < -0.4 is 14.4 Å². The van der Waals surface area contributed by atoms with Crippen LogP contribution in [0, 0.1) is 10.1 Å². The second-order valence-electron chi connectivity index (χ2n) is 7.39. The van der Waals surface area contributed by atoms with Crippen LogP contribution in [-0.4, -0.2) is 49.1 Å². The van der Waals surface area contributed by atoms with Gasteiger partial charge >= 0.3 is 0 Å². The maximum Gasteiger partial charge on any atom is 0.270 e. The summed E-state index contributed by atoms with van der Waals surface area (Å²) in [4.78, 5) is 38.4. The summed E-state index contributed by atoms with van der Waals surface area (Å²) in [6.45, 7) is 0.993. The molecule has 9 nitrogen and oxygen atoms in total. The molecule has 1 N–H and O–H groups in total. The van der Waals surface area contributed by atoms with Crippen molar-refractivity contribution in [3.8, 4) is 11.5 Å². The van der Waals surface area contributed by atoms with Gasteiger partial charge in [0.2, 0.25) is 0 Å². The van der Waals surface area contributed by atoms with E-state index in [0.29, 0.717) is 11.5 Å². The lowest BCUT2D eigenvalue weighted by molar-refractivity contribution is -0.925. The van der Waals surface area contributed by atoms with Gasteiger partial charge in [-0.05, 0) is 18.2 Å². The van der Waals surface area contributed by atoms with E-state index >= 15 is 0 Å². The van der Waals surface area contributed by atoms with Crippen LogP contribution in [0.2, 0.25) is 0 Å². The lowest BCUT2D eigenvalue weighted by Crippen LogP contribution is -3.12. The first-order valence-corrected chi connectivity index (χ1v) is 9.65. The molecule has 30 heavy (non-hydrogen) atoms. The highest BCUT2D eigenvalue weighted by Gasteiger charge is 2.42. The third kappa shape index (κ3) is 3.26. The number of nitro groups is 1. The SMILES string of the molecule is COc1ccc([C@@H]2CCC[NH+]2CN2C(=O)c3ccc([N+](=O)[O-])cc3C2=O)c(OC)c1. The Bertz CT molecular complexity index is 1040. The fourth-order valence-corrected chi connectivity index (χ4v) is 4.32. The Morgan fingerprint density at radius 1 is 1.10 bits per heavy atom. The van der Waals surface area contributed by atoms with Gasteiger partial charge in [0.1, 0.15) is 17.5 Å². The van der Waals surface area contributed by atoms with Gasteiger partial charge in [-0.25, -0.2) is 4.90 Å². The number of quaternary nitrogens is 1. The summed E-state index contributed by atoms with van der Waals surface area (Å²) < 4.78 is 10.8. The van der Waals surface area contributed by atoms with Crippen LogP contribution in [0.1, 0.15) is 45.2 Å². The molecule has 0 bridgehead atoms. The second-order valence-corrected chi connectivity index (χ2v) is 7.39. The molecule has 4 rings (SSSR count). The molecule has 9 heteroatoms. The normalized spacial score (nSPS) is 20.4. The number of hydrogen-bond donors (Lipinski definition) is 1. The number of methoxy groups -OCH3 is 2. The van der Waals surface area contributed by atoms with Gasteiger partial charge in [0.25, 0.3) is 17.5 Å². The van der Waals surface area contributed by atoms with Gasteiger partial charge in [0, 0.05) is 31.0 Å². The molecule has 2 amide bonds. The van der Waals surface area contributed by atoms with E-state index in [-0.39, 0.29) is 29.5 Å². The summed E-state index contributed by atoms with van der Waals surface area (Å²) in [7, 11) is 3.19. The van der Waals surface area contributed by atoms with Gasteiger partial charge in [-0.15, -0.1) is 0 Å². The summed E-state index contributed by atoms with van der Waals surface area (Å²) in [6.07, 6.45) is 1.84. The van der Waals surface area contributed by atoms with Crippen molar-refractivity contribution in [2.24, 2.45) is 0 Å². The van der Waals surface area contributed by atoms with E-state index in [2.05, 4.69) is 0 Å². The Morgan fingerprint density at radius 3 is 2.57 bits per heavy atom. The number of hydrogen-bond acceptors (Lipinski definition) is 6. The average molecular weight is 412 g/mol. The lowest BCUT2D eigenvalue weighted by Gasteiger charge is -2.26. The number of carbonyl (C=O) groups is 2. The molecule has 0 spiro atoms. The molecule has 2 atom stereocenters. The highest BCUT2D eigenvalue weighted by molar-refractivity contribution is 6.21. The fourth-order valence-electron chi connectivity index (χ4n) is 4.32. The number of ether oxygens (including phenoxy) is 2. The van der Waals surface area contributed by atoms with Gasteiger partial charge in [0.15, 0.2) is 6.67 Å². The highest BCUT2D eigenvalue weighted by Crippen LogP contribution is 2.32. The van der Waals surface area contributed by atoms with E-state index in [1.807, 2.05) is 18.2 Å². The minimum atomic E-state index is -0.571. The van der Waals surface area contributed by atoms with Crippen LogP contribution in [0.15, 0.2) is 36.4 Å². The molecule has 2 aromatic rings. The van der Waals surface area contributed by atoms with E-state index in [1.54, 1.807) is 14.2 Å². The molecule has 0 saturated carbocycles. The molecule has 156 valence electrons. The molecular weight excluding hydrogens is 390 g/mol. The number of nitrogens with zero attached hydrogens (tertiary/aromatic N) is 2. The van der Waals surface area contributed by atoms with Crippen molar-refractivity contribution in [1.82, 2.24) is 4.90 Å². The van der Waals surface area contributed by atoms with Crippen molar-refractivity contribution < 1.29 is 28.9 Å². The number of rotatable bonds is 6. The molecule has 1 saturated heterocycles. The molecular formula is C21H22N3O6+. The number of nitrogens with one attached hydrogen (secondary N) is 1. The first-order valence-electron chi connectivity index (χ1n) is 9.65. The summed E-state index contributed by atoms with van der Waals surface area (Å²) in [6, 6.07) is 9.50. The number of non-ortho nitro benzene ring substituents is 1. The van der Waals surface area contributed by atoms with Crippen LogP contribution in [0.25, 0.3) is 0 Å². The van der Waals surface area contributed by atoms with Crippen LogP contribution in [0.3, 0.4) is 0 Å². The average Bonchev–Trinajstić information content (AvgIpc) is 3.31. The predicted octanol–water partition coefficient (Wildman–Crippen LogP) is 1.59. The maximum absolute atomic E-state index is 12.8. The molecule has 2 aliphatic heterocycles. The number of benzene rings is 2. The van der Waals surface area contributed by atoms with Crippen molar-refractivity contribution in [2.45, 2.75) is 18.9 Å². The zero-order chi connectivity index (χ0) is 21.4. The minimum Gasteiger partial charge on any atom is -0.497 e. The number of likely N-dealkylation sites (tertiary alicyclic amines) is 1. The van der Waals surface area contributed by atoms with Crippen molar-refractivity contribution >= 4 is 17.5 Å². The molecule has 0 aliphatic carbocycles. The molecule has 1 unspecified atom stereocenters. The quantitative estimate of drug-likeness (QED) is 0.439.